The Balaban J connectivity index is 2.23. The maximum atomic E-state index is 10.5. The van der Waals surface area contributed by atoms with Crippen molar-refractivity contribution in [2.45, 2.75) is 39.0 Å². The molecule has 2 atom stereocenters. The molecule has 0 aromatic carbocycles. The summed E-state index contributed by atoms with van der Waals surface area (Å²) in [6.07, 6.45) is 0.0123. The van der Waals surface area contributed by atoms with Gasteiger partial charge in [-0.2, -0.15) is 0 Å². The second kappa shape index (κ2) is 2.56. The van der Waals surface area contributed by atoms with Gasteiger partial charge < -0.3 is 14.2 Å². The minimum absolute atomic E-state index is 0.227. The highest BCUT2D eigenvalue weighted by Gasteiger charge is 2.48. The molecule has 0 aromatic rings. The highest BCUT2D eigenvalue weighted by Crippen LogP contribution is 2.38. The van der Waals surface area contributed by atoms with Crippen LogP contribution in [-0.2, 0) is 19.0 Å². The van der Waals surface area contributed by atoms with Gasteiger partial charge in [0.15, 0.2) is 17.8 Å². The van der Waals surface area contributed by atoms with Crippen LogP contribution in [0.3, 0.4) is 0 Å². The van der Waals surface area contributed by atoms with E-state index in [1.165, 1.54) is 0 Å². The topological polar surface area (TPSA) is 44.8 Å². The van der Waals surface area contributed by atoms with Gasteiger partial charge in [-0.05, 0) is 20.8 Å². The minimum atomic E-state index is -0.620. The first-order valence-corrected chi connectivity index (χ1v) is 4.22. The van der Waals surface area contributed by atoms with E-state index in [-0.39, 0.29) is 6.10 Å². The number of hydrogen-bond acceptors (Lipinski definition) is 4. The molecule has 2 unspecified atom stereocenters. The average Bonchev–Trinajstić information content (AvgIpc) is 2.47. The van der Waals surface area contributed by atoms with Crippen LogP contribution < -0.4 is 0 Å². The van der Waals surface area contributed by atoms with Gasteiger partial charge in [0.25, 0.3) is 0 Å². The molecule has 1 saturated heterocycles. The Bertz CT molecular complexity index is 279. The smallest absolute Gasteiger partial charge is 0.233 e. The van der Waals surface area contributed by atoms with Crippen LogP contribution in [-0.4, -0.2) is 24.5 Å². The molecule has 1 fully saturated rings. The Morgan fingerprint density at radius 1 is 1.38 bits per heavy atom. The summed E-state index contributed by atoms with van der Waals surface area (Å²) in [6.45, 7) is 5.46. The van der Waals surface area contributed by atoms with Crippen LogP contribution in [0.1, 0.15) is 20.8 Å². The van der Waals surface area contributed by atoms with E-state index in [4.69, 9.17) is 14.2 Å². The Morgan fingerprint density at radius 2 is 2.08 bits per heavy atom. The van der Waals surface area contributed by atoms with Gasteiger partial charge in [-0.15, -0.1) is 0 Å². The lowest BCUT2D eigenvalue weighted by Crippen LogP contribution is -2.22. The van der Waals surface area contributed by atoms with Crippen LogP contribution in [0.2, 0.25) is 0 Å². The number of carbonyl (C=O) groups is 1. The summed E-state index contributed by atoms with van der Waals surface area (Å²) in [5.41, 5.74) is 0.811. The fourth-order valence-corrected chi connectivity index (χ4v) is 1.59. The molecule has 4 heteroatoms. The fraction of sp³-hybridized carbons (Fsp3) is 0.667. The van der Waals surface area contributed by atoms with Crippen molar-refractivity contribution in [2.75, 3.05) is 0 Å². The van der Waals surface area contributed by atoms with Crippen molar-refractivity contribution in [3.8, 4) is 0 Å². The molecule has 72 valence electrons. The lowest BCUT2D eigenvalue weighted by molar-refractivity contribution is -0.182. The monoisotopic (exact) mass is 184 g/mol. The summed E-state index contributed by atoms with van der Waals surface area (Å²) < 4.78 is 16.2. The van der Waals surface area contributed by atoms with Crippen molar-refractivity contribution in [1.82, 2.24) is 0 Å². The van der Waals surface area contributed by atoms with E-state index in [1.54, 1.807) is 0 Å². The van der Waals surface area contributed by atoms with Gasteiger partial charge in [0.05, 0.1) is 0 Å². The number of rotatable bonds is 1. The molecule has 0 aliphatic carbocycles. The number of allylic oxidation sites excluding steroid dienone is 1. The lowest BCUT2D eigenvalue weighted by atomic mass is 10.2. The standard InChI is InChI=1S/C9H12O4/c1-5-6(4-10)11-8-7(5)12-9(2,3)13-8/h4,7-8H,1-3H3. The molecule has 4 nitrogen and oxygen atoms in total. The fourth-order valence-electron chi connectivity index (χ4n) is 1.59. The average molecular weight is 184 g/mol. The zero-order valence-electron chi connectivity index (χ0n) is 7.87. The Morgan fingerprint density at radius 3 is 2.62 bits per heavy atom. The molecule has 0 spiro atoms. The Labute approximate surface area is 76.5 Å². The molecule has 0 aromatic heterocycles. The van der Waals surface area contributed by atoms with E-state index in [0.717, 1.165) is 5.57 Å². The first kappa shape index (κ1) is 8.72. The Kier molecular flexibility index (Phi) is 1.72. The SMILES string of the molecule is CC1=C(C=O)OC2OC(C)(C)OC12. The molecule has 2 aliphatic rings. The molecule has 2 aliphatic heterocycles. The predicted molar refractivity (Wildman–Crippen MR) is 43.7 cm³/mol. The highest BCUT2D eigenvalue weighted by molar-refractivity contribution is 5.72. The van der Waals surface area contributed by atoms with Crippen molar-refractivity contribution in [1.29, 1.82) is 0 Å². The molecule has 0 radical (unpaired) electrons. The quantitative estimate of drug-likeness (QED) is 0.569. The third-order valence-corrected chi connectivity index (χ3v) is 2.22. The van der Waals surface area contributed by atoms with Crippen molar-refractivity contribution in [3.63, 3.8) is 0 Å². The molecule has 2 rings (SSSR count). The normalized spacial score (nSPS) is 35.9. The van der Waals surface area contributed by atoms with Gasteiger partial charge >= 0.3 is 0 Å². The van der Waals surface area contributed by atoms with Crippen molar-refractivity contribution in [3.05, 3.63) is 11.3 Å². The summed E-state index contributed by atoms with van der Waals surface area (Å²) >= 11 is 0. The van der Waals surface area contributed by atoms with Crippen LogP contribution in [0, 0.1) is 0 Å². The van der Waals surface area contributed by atoms with Gasteiger partial charge in [0, 0.05) is 5.57 Å². The summed E-state index contributed by atoms with van der Waals surface area (Å²) in [7, 11) is 0. The molecular weight excluding hydrogens is 172 g/mol. The van der Waals surface area contributed by atoms with Gasteiger partial charge in [0.1, 0.15) is 6.10 Å². The molecule has 0 N–H and O–H groups in total. The van der Waals surface area contributed by atoms with E-state index in [2.05, 4.69) is 0 Å². The first-order valence-electron chi connectivity index (χ1n) is 4.22. The van der Waals surface area contributed by atoms with E-state index < -0.39 is 12.1 Å². The second-order valence-electron chi connectivity index (χ2n) is 3.71. The first-order chi connectivity index (χ1) is 6.03. The maximum Gasteiger partial charge on any atom is 0.233 e. The largest absolute Gasteiger partial charge is 0.458 e. The summed E-state index contributed by atoms with van der Waals surface area (Å²) in [6, 6.07) is 0. The van der Waals surface area contributed by atoms with Crippen molar-refractivity contribution >= 4 is 6.29 Å². The van der Waals surface area contributed by atoms with Crippen LogP contribution in [0.15, 0.2) is 11.3 Å². The lowest BCUT2D eigenvalue weighted by Gasteiger charge is -2.17. The molecule has 0 amide bonds. The maximum absolute atomic E-state index is 10.5. The number of ether oxygens (including phenoxy) is 3. The number of hydrogen-bond donors (Lipinski definition) is 0. The van der Waals surface area contributed by atoms with E-state index in [0.29, 0.717) is 12.0 Å². The van der Waals surface area contributed by atoms with Gasteiger partial charge in [0.2, 0.25) is 6.29 Å². The molecular formula is C9H12O4. The number of aldehydes is 1. The highest BCUT2D eigenvalue weighted by atomic mass is 16.8. The van der Waals surface area contributed by atoms with Gasteiger partial charge in [-0.3, -0.25) is 4.79 Å². The van der Waals surface area contributed by atoms with Gasteiger partial charge in [-0.25, -0.2) is 0 Å². The molecule has 0 bridgehead atoms. The molecule has 0 saturated carbocycles. The van der Waals surface area contributed by atoms with Crippen LogP contribution in [0.5, 0.6) is 0 Å². The van der Waals surface area contributed by atoms with Crippen LogP contribution in [0.25, 0.3) is 0 Å². The minimum Gasteiger partial charge on any atom is -0.458 e. The van der Waals surface area contributed by atoms with E-state index in [9.17, 15) is 4.79 Å². The van der Waals surface area contributed by atoms with Crippen molar-refractivity contribution in [2.24, 2.45) is 0 Å². The number of carbonyl (C=O) groups excluding carboxylic acids is 1. The van der Waals surface area contributed by atoms with E-state index in [1.807, 2.05) is 20.8 Å². The van der Waals surface area contributed by atoms with E-state index >= 15 is 0 Å². The second-order valence-corrected chi connectivity index (χ2v) is 3.71. The van der Waals surface area contributed by atoms with Crippen LogP contribution >= 0.6 is 0 Å². The number of fused-ring (bicyclic) bond motifs is 1. The third-order valence-electron chi connectivity index (χ3n) is 2.22. The Hall–Kier alpha value is -0.870. The predicted octanol–water partition coefficient (Wildman–Crippen LogP) is 0.967. The third kappa shape index (κ3) is 1.26. The van der Waals surface area contributed by atoms with Crippen molar-refractivity contribution < 1.29 is 19.0 Å². The zero-order chi connectivity index (χ0) is 9.64. The summed E-state index contributed by atoms with van der Waals surface area (Å²) in [5.74, 6) is -0.282. The summed E-state index contributed by atoms with van der Waals surface area (Å²) in [5, 5.41) is 0. The molecule has 13 heavy (non-hydrogen) atoms. The summed E-state index contributed by atoms with van der Waals surface area (Å²) in [4.78, 5) is 10.5. The van der Waals surface area contributed by atoms with Crippen LogP contribution in [0.4, 0.5) is 0 Å². The zero-order valence-corrected chi connectivity index (χ0v) is 7.87. The molecule has 2 heterocycles. The van der Waals surface area contributed by atoms with Gasteiger partial charge in [-0.1, -0.05) is 0 Å².